The van der Waals surface area contributed by atoms with Crippen LogP contribution in [-0.2, 0) is 6.42 Å². The van der Waals surface area contributed by atoms with Crippen LogP contribution in [0.2, 0.25) is 0 Å². The molecule has 1 aliphatic heterocycles. The molecular weight excluding hydrogens is 442 g/mol. The van der Waals surface area contributed by atoms with Crippen LogP contribution in [0.1, 0.15) is 22.8 Å². The average Bonchev–Trinajstić information content (AvgIpc) is 2.93. The van der Waals surface area contributed by atoms with Crippen molar-refractivity contribution in [3.8, 4) is 22.9 Å². The Morgan fingerprint density at radius 2 is 1.74 bits per heavy atom. The molecular formula is C27H33N5O3. The van der Waals surface area contributed by atoms with Crippen molar-refractivity contribution in [3.63, 3.8) is 0 Å². The van der Waals surface area contributed by atoms with E-state index < -0.39 is 0 Å². The SMILES string of the molecule is CCN1CCN(c2nc(-c3ccccc3)ncc2C(=O)NCCc2ccc(OC)c(OC)c2)CC1. The van der Waals surface area contributed by atoms with E-state index in [0.29, 0.717) is 41.7 Å². The number of hydrogen-bond acceptors (Lipinski definition) is 7. The van der Waals surface area contributed by atoms with Gasteiger partial charge in [-0.3, -0.25) is 4.79 Å². The number of nitrogens with zero attached hydrogens (tertiary/aromatic N) is 4. The van der Waals surface area contributed by atoms with Crippen LogP contribution in [0.15, 0.2) is 54.7 Å². The van der Waals surface area contributed by atoms with Crippen molar-refractivity contribution in [3.05, 3.63) is 65.9 Å². The number of hydrogen-bond donors (Lipinski definition) is 1. The third-order valence-electron chi connectivity index (χ3n) is 6.31. The minimum Gasteiger partial charge on any atom is -0.493 e. The summed E-state index contributed by atoms with van der Waals surface area (Å²) in [5.41, 5.74) is 2.48. The zero-order valence-corrected chi connectivity index (χ0v) is 20.7. The Labute approximate surface area is 206 Å². The highest BCUT2D eigenvalue weighted by molar-refractivity contribution is 5.99. The summed E-state index contributed by atoms with van der Waals surface area (Å²) in [6.45, 7) is 7.22. The highest BCUT2D eigenvalue weighted by Crippen LogP contribution is 2.28. The smallest absolute Gasteiger partial charge is 0.256 e. The molecule has 0 radical (unpaired) electrons. The summed E-state index contributed by atoms with van der Waals surface area (Å²) in [7, 11) is 3.23. The second kappa shape index (κ2) is 11.7. The van der Waals surface area contributed by atoms with Crippen LogP contribution in [0.4, 0.5) is 5.82 Å². The van der Waals surface area contributed by atoms with Crippen molar-refractivity contribution in [2.45, 2.75) is 13.3 Å². The first kappa shape index (κ1) is 24.5. The van der Waals surface area contributed by atoms with Gasteiger partial charge in [-0.15, -0.1) is 0 Å². The molecule has 3 aromatic rings. The van der Waals surface area contributed by atoms with Crippen molar-refractivity contribution in [1.82, 2.24) is 20.2 Å². The van der Waals surface area contributed by atoms with Gasteiger partial charge in [-0.05, 0) is 30.7 Å². The number of aromatic nitrogens is 2. The quantitative estimate of drug-likeness (QED) is 0.509. The number of likely N-dealkylation sites (N-methyl/N-ethyl adjacent to an activating group) is 1. The summed E-state index contributed by atoms with van der Waals surface area (Å²) in [5.74, 6) is 2.51. The molecule has 2 heterocycles. The van der Waals surface area contributed by atoms with Crippen LogP contribution < -0.4 is 19.7 Å². The minimum atomic E-state index is -0.169. The van der Waals surface area contributed by atoms with Gasteiger partial charge in [0.05, 0.1) is 14.2 Å². The largest absolute Gasteiger partial charge is 0.493 e. The Kier molecular flexibility index (Phi) is 8.15. The summed E-state index contributed by atoms with van der Waals surface area (Å²) in [6.07, 6.45) is 2.32. The van der Waals surface area contributed by atoms with Crippen LogP contribution in [0.5, 0.6) is 11.5 Å². The highest BCUT2D eigenvalue weighted by Gasteiger charge is 2.23. The topological polar surface area (TPSA) is 79.8 Å². The van der Waals surface area contributed by atoms with E-state index in [9.17, 15) is 4.79 Å². The van der Waals surface area contributed by atoms with E-state index in [1.165, 1.54) is 0 Å². The Morgan fingerprint density at radius 1 is 1.00 bits per heavy atom. The molecule has 184 valence electrons. The number of methoxy groups -OCH3 is 2. The van der Waals surface area contributed by atoms with Gasteiger partial charge in [-0.1, -0.05) is 43.3 Å². The van der Waals surface area contributed by atoms with Crippen molar-refractivity contribution in [2.75, 3.05) is 58.4 Å². The second-order valence-corrected chi connectivity index (χ2v) is 8.41. The normalized spacial score (nSPS) is 14.0. The average molecular weight is 476 g/mol. The minimum absolute atomic E-state index is 0.169. The van der Waals surface area contributed by atoms with Crippen molar-refractivity contribution >= 4 is 11.7 Å². The predicted octanol–water partition coefficient (Wildman–Crippen LogP) is 3.28. The van der Waals surface area contributed by atoms with Crippen LogP contribution in [0, 0.1) is 0 Å². The Hall–Kier alpha value is -3.65. The van der Waals surface area contributed by atoms with E-state index in [4.69, 9.17) is 14.5 Å². The molecule has 0 bridgehead atoms. The van der Waals surface area contributed by atoms with E-state index in [-0.39, 0.29) is 5.91 Å². The zero-order valence-electron chi connectivity index (χ0n) is 20.7. The lowest BCUT2D eigenvalue weighted by Crippen LogP contribution is -2.47. The summed E-state index contributed by atoms with van der Waals surface area (Å²) in [6, 6.07) is 15.6. The van der Waals surface area contributed by atoms with Gasteiger partial charge in [0.2, 0.25) is 0 Å². The second-order valence-electron chi connectivity index (χ2n) is 8.41. The standard InChI is InChI=1S/C27H33N5O3/c1-4-31-14-16-32(17-15-31)26-22(19-29-25(30-26)21-8-6-5-7-9-21)27(33)28-13-12-20-10-11-23(34-2)24(18-20)35-3/h5-11,18-19H,4,12-17H2,1-3H3,(H,28,33). The third kappa shape index (κ3) is 5.89. The van der Waals surface area contributed by atoms with Crippen LogP contribution in [-0.4, -0.2) is 74.3 Å². The molecule has 0 spiro atoms. The monoisotopic (exact) mass is 475 g/mol. The number of benzene rings is 2. The van der Waals surface area contributed by atoms with Gasteiger partial charge in [0.25, 0.3) is 5.91 Å². The predicted molar refractivity (Wildman–Crippen MR) is 137 cm³/mol. The number of ether oxygens (including phenoxy) is 2. The fourth-order valence-electron chi connectivity index (χ4n) is 4.23. The molecule has 1 aliphatic rings. The third-order valence-corrected chi connectivity index (χ3v) is 6.31. The highest BCUT2D eigenvalue weighted by atomic mass is 16.5. The van der Waals surface area contributed by atoms with E-state index in [2.05, 4.69) is 27.0 Å². The summed E-state index contributed by atoms with van der Waals surface area (Å²) in [5, 5.41) is 3.04. The molecule has 4 rings (SSSR count). The first-order valence-electron chi connectivity index (χ1n) is 12.0. The van der Waals surface area contributed by atoms with Crippen LogP contribution in [0.3, 0.4) is 0 Å². The molecule has 0 saturated carbocycles. The van der Waals surface area contributed by atoms with Crippen molar-refractivity contribution in [2.24, 2.45) is 0 Å². The number of amides is 1. The fourth-order valence-corrected chi connectivity index (χ4v) is 4.23. The number of rotatable bonds is 9. The molecule has 0 atom stereocenters. The molecule has 1 saturated heterocycles. The number of anilines is 1. The molecule has 1 N–H and O–H groups in total. The summed E-state index contributed by atoms with van der Waals surface area (Å²) >= 11 is 0. The van der Waals surface area contributed by atoms with Crippen molar-refractivity contribution in [1.29, 1.82) is 0 Å². The van der Waals surface area contributed by atoms with E-state index in [1.54, 1.807) is 20.4 Å². The van der Waals surface area contributed by atoms with E-state index in [0.717, 1.165) is 43.9 Å². The lowest BCUT2D eigenvalue weighted by atomic mass is 10.1. The maximum Gasteiger partial charge on any atom is 0.256 e. The molecule has 8 heteroatoms. The van der Waals surface area contributed by atoms with E-state index >= 15 is 0 Å². The maximum atomic E-state index is 13.2. The number of carbonyl (C=O) groups excluding carboxylic acids is 1. The summed E-state index contributed by atoms with van der Waals surface area (Å²) in [4.78, 5) is 27.2. The van der Waals surface area contributed by atoms with E-state index in [1.807, 2.05) is 48.5 Å². The summed E-state index contributed by atoms with van der Waals surface area (Å²) < 4.78 is 10.7. The molecule has 8 nitrogen and oxygen atoms in total. The van der Waals surface area contributed by atoms with Gasteiger partial charge in [-0.2, -0.15) is 0 Å². The first-order valence-corrected chi connectivity index (χ1v) is 12.0. The zero-order chi connectivity index (χ0) is 24.6. The van der Waals surface area contributed by atoms with Crippen LogP contribution in [0.25, 0.3) is 11.4 Å². The molecule has 1 fully saturated rings. The first-order chi connectivity index (χ1) is 17.1. The lowest BCUT2D eigenvalue weighted by molar-refractivity contribution is 0.0953. The van der Waals surface area contributed by atoms with Gasteiger partial charge in [0.1, 0.15) is 11.4 Å². The lowest BCUT2D eigenvalue weighted by Gasteiger charge is -2.35. The number of carbonyl (C=O) groups is 1. The van der Waals surface area contributed by atoms with Gasteiger partial charge in [0.15, 0.2) is 17.3 Å². The van der Waals surface area contributed by atoms with Gasteiger partial charge in [-0.25, -0.2) is 9.97 Å². The number of piperazine rings is 1. The Bertz CT molecular complexity index is 1130. The maximum absolute atomic E-state index is 13.2. The molecule has 2 aromatic carbocycles. The molecule has 35 heavy (non-hydrogen) atoms. The van der Waals surface area contributed by atoms with Gasteiger partial charge < -0.3 is 24.6 Å². The van der Waals surface area contributed by atoms with Gasteiger partial charge >= 0.3 is 0 Å². The molecule has 0 unspecified atom stereocenters. The van der Waals surface area contributed by atoms with Crippen molar-refractivity contribution < 1.29 is 14.3 Å². The molecule has 1 amide bonds. The fraction of sp³-hybridized carbons (Fsp3) is 0.370. The molecule has 1 aromatic heterocycles. The Balaban J connectivity index is 1.51. The molecule has 0 aliphatic carbocycles. The Morgan fingerprint density at radius 3 is 2.43 bits per heavy atom. The van der Waals surface area contributed by atoms with Crippen LogP contribution >= 0.6 is 0 Å². The number of nitrogens with one attached hydrogen (secondary N) is 1. The van der Waals surface area contributed by atoms with Gasteiger partial charge in [0, 0.05) is 44.5 Å².